The van der Waals surface area contributed by atoms with Gasteiger partial charge in [-0.25, -0.2) is 0 Å². The lowest BCUT2D eigenvalue weighted by Crippen LogP contribution is -1.88. The minimum Gasteiger partial charge on any atom is -0.361 e. The number of rotatable bonds is 5. The van der Waals surface area contributed by atoms with Crippen molar-refractivity contribution in [1.82, 2.24) is 4.98 Å². The van der Waals surface area contributed by atoms with E-state index in [2.05, 4.69) is 73.6 Å². The summed E-state index contributed by atoms with van der Waals surface area (Å²) in [5.74, 6) is 0. The van der Waals surface area contributed by atoms with Crippen molar-refractivity contribution in [3.8, 4) is 0 Å². The van der Waals surface area contributed by atoms with Gasteiger partial charge in [-0.15, -0.1) is 0 Å². The number of H-pyrrole nitrogens is 1. The molecule has 1 N–H and O–H groups in total. The zero-order valence-corrected chi connectivity index (χ0v) is 13.0. The molecule has 0 spiro atoms. The number of aromatic amines is 1. The van der Waals surface area contributed by atoms with Gasteiger partial charge in [-0.3, -0.25) is 0 Å². The van der Waals surface area contributed by atoms with Gasteiger partial charge in [0.15, 0.2) is 0 Å². The smallest absolute Gasteiger partial charge is 0.0454 e. The number of aryl methyl sites for hydroxylation is 1. The summed E-state index contributed by atoms with van der Waals surface area (Å²) in [6.45, 7) is 10.6. The Morgan fingerprint density at radius 3 is 2.36 bits per heavy atom. The van der Waals surface area contributed by atoms with E-state index < -0.39 is 0 Å². The third kappa shape index (κ3) is 3.04. The topological polar surface area (TPSA) is 15.8 Å². The van der Waals surface area contributed by atoms with Crippen molar-refractivity contribution in [2.75, 3.05) is 0 Å². The molecule has 1 heterocycles. The van der Waals surface area contributed by atoms with E-state index in [1.165, 1.54) is 33.2 Å². The summed E-state index contributed by atoms with van der Waals surface area (Å²) in [6, 6.07) is 17.1. The highest BCUT2D eigenvalue weighted by atomic mass is 14.7. The van der Waals surface area contributed by atoms with E-state index in [1.54, 1.807) is 0 Å². The van der Waals surface area contributed by atoms with Gasteiger partial charge in [-0.1, -0.05) is 49.1 Å². The van der Waals surface area contributed by atoms with Crippen molar-refractivity contribution in [2.24, 2.45) is 0 Å². The highest BCUT2D eigenvalue weighted by Gasteiger charge is 2.04. The third-order valence-electron chi connectivity index (χ3n) is 4.12. The van der Waals surface area contributed by atoms with Crippen molar-refractivity contribution in [2.45, 2.75) is 19.8 Å². The van der Waals surface area contributed by atoms with Gasteiger partial charge in [0.25, 0.3) is 0 Å². The number of aromatic nitrogens is 1. The molecule has 3 aromatic rings. The fourth-order valence-electron chi connectivity index (χ4n) is 2.73. The van der Waals surface area contributed by atoms with E-state index in [0.717, 1.165) is 18.4 Å². The quantitative estimate of drug-likeness (QED) is 0.594. The van der Waals surface area contributed by atoms with Crippen LogP contribution in [-0.4, -0.2) is 4.98 Å². The summed E-state index contributed by atoms with van der Waals surface area (Å²) in [5, 5.41) is 1.23. The standard InChI is InChI=1S/C21H21N/c1-15-5-4-6-18(13-15)16(2)7-8-17(3)19-9-10-21-20(14-19)11-12-22-21/h4-6,9-14,22H,2-3,7-8H2,1H3. The number of allylic oxidation sites excluding steroid dienone is 2. The van der Waals surface area contributed by atoms with Crippen LogP contribution in [0.3, 0.4) is 0 Å². The maximum absolute atomic E-state index is 4.25. The number of hydrogen-bond acceptors (Lipinski definition) is 0. The molecule has 0 aliphatic heterocycles. The molecule has 1 heteroatoms. The van der Waals surface area contributed by atoms with Gasteiger partial charge in [0.2, 0.25) is 0 Å². The molecule has 2 aromatic carbocycles. The van der Waals surface area contributed by atoms with Crippen molar-refractivity contribution in [3.05, 3.63) is 84.6 Å². The number of benzene rings is 2. The molecule has 0 radical (unpaired) electrons. The van der Waals surface area contributed by atoms with Crippen LogP contribution < -0.4 is 0 Å². The first kappa shape index (κ1) is 14.4. The van der Waals surface area contributed by atoms with Gasteiger partial charge in [0.1, 0.15) is 0 Å². The normalized spacial score (nSPS) is 10.8. The fourth-order valence-corrected chi connectivity index (χ4v) is 2.73. The van der Waals surface area contributed by atoms with Gasteiger partial charge in [-0.05, 0) is 65.6 Å². The minimum atomic E-state index is 0.933. The molecule has 22 heavy (non-hydrogen) atoms. The number of fused-ring (bicyclic) bond motifs is 1. The molecule has 0 aliphatic rings. The molecular weight excluding hydrogens is 266 g/mol. The van der Waals surface area contributed by atoms with E-state index in [-0.39, 0.29) is 0 Å². The lowest BCUT2D eigenvalue weighted by atomic mass is 9.96. The van der Waals surface area contributed by atoms with E-state index in [0.29, 0.717) is 0 Å². The lowest BCUT2D eigenvalue weighted by Gasteiger charge is -2.09. The molecule has 0 saturated heterocycles. The van der Waals surface area contributed by atoms with E-state index in [9.17, 15) is 0 Å². The minimum absolute atomic E-state index is 0.933. The molecule has 3 rings (SSSR count). The Morgan fingerprint density at radius 2 is 1.64 bits per heavy atom. The number of nitrogens with one attached hydrogen (secondary N) is 1. The Balaban J connectivity index is 1.67. The Bertz CT molecular complexity index is 836. The van der Waals surface area contributed by atoms with E-state index in [4.69, 9.17) is 0 Å². The van der Waals surface area contributed by atoms with E-state index in [1.807, 2.05) is 6.20 Å². The molecular formula is C21H21N. The van der Waals surface area contributed by atoms with Gasteiger partial charge in [0, 0.05) is 11.7 Å². The first-order valence-corrected chi connectivity index (χ1v) is 7.63. The Labute approximate surface area is 132 Å². The lowest BCUT2D eigenvalue weighted by molar-refractivity contribution is 1.09. The van der Waals surface area contributed by atoms with Crippen LogP contribution in [0, 0.1) is 6.92 Å². The van der Waals surface area contributed by atoms with Crippen molar-refractivity contribution < 1.29 is 0 Å². The van der Waals surface area contributed by atoms with Crippen LogP contribution in [0.15, 0.2) is 67.9 Å². The summed E-state index contributed by atoms with van der Waals surface area (Å²) in [7, 11) is 0. The summed E-state index contributed by atoms with van der Waals surface area (Å²) in [5.41, 5.74) is 7.22. The third-order valence-corrected chi connectivity index (χ3v) is 4.12. The van der Waals surface area contributed by atoms with Gasteiger partial charge in [0.05, 0.1) is 0 Å². The first-order chi connectivity index (χ1) is 10.6. The summed E-state index contributed by atoms with van der Waals surface area (Å²) in [4.78, 5) is 3.22. The van der Waals surface area contributed by atoms with Crippen LogP contribution >= 0.6 is 0 Å². The number of hydrogen-bond donors (Lipinski definition) is 1. The highest BCUT2D eigenvalue weighted by molar-refractivity contribution is 5.83. The fraction of sp³-hybridized carbons (Fsp3) is 0.143. The molecule has 0 fully saturated rings. The van der Waals surface area contributed by atoms with Crippen LogP contribution in [0.4, 0.5) is 0 Å². The predicted molar refractivity (Wildman–Crippen MR) is 96.8 cm³/mol. The maximum Gasteiger partial charge on any atom is 0.0454 e. The molecule has 0 saturated carbocycles. The average molecular weight is 287 g/mol. The molecule has 0 amide bonds. The van der Waals surface area contributed by atoms with Crippen molar-refractivity contribution in [1.29, 1.82) is 0 Å². The molecule has 1 aromatic heterocycles. The monoisotopic (exact) mass is 287 g/mol. The zero-order valence-electron chi connectivity index (χ0n) is 13.0. The second-order valence-corrected chi connectivity index (χ2v) is 5.86. The average Bonchev–Trinajstić information content (AvgIpc) is 2.99. The molecule has 110 valence electrons. The highest BCUT2D eigenvalue weighted by Crippen LogP contribution is 2.26. The van der Waals surface area contributed by atoms with Crippen LogP contribution in [0.2, 0.25) is 0 Å². The van der Waals surface area contributed by atoms with Crippen LogP contribution in [0.5, 0.6) is 0 Å². The van der Waals surface area contributed by atoms with Crippen molar-refractivity contribution in [3.63, 3.8) is 0 Å². The van der Waals surface area contributed by atoms with Crippen LogP contribution in [0.1, 0.15) is 29.5 Å². The predicted octanol–water partition coefficient (Wildman–Crippen LogP) is 5.98. The first-order valence-electron chi connectivity index (χ1n) is 7.63. The van der Waals surface area contributed by atoms with E-state index >= 15 is 0 Å². The summed E-state index contributed by atoms with van der Waals surface area (Å²) < 4.78 is 0. The van der Waals surface area contributed by atoms with Gasteiger partial charge < -0.3 is 4.98 Å². The molecule has 1 nitrogen and oxygen atoms in total. The second kappa shape index (κ2) is 6.07. The van der Waals surface area contributed by atoms with Crippen molar-refractivity contribution >= 4 is 22.0 Å². The zero-order chi connectivity index (χ0) is 15.5. The molecule has 0 aliphatic carbocycles. The van der Waals surface area contributed by atoms with Crippen LogP contribution in [0.25, 0.3) is 22.0 Å². The van der Waals surface area contributed by atoms with Gasteiger partial charge >= 0.3 is 0 Å². The maximum atomic E-state index is 4.25. The summed E-state index contributed by atoms with van der Waals surface area (Å²) >= 11 is 0. The summed E-state index contributed by atoms with van der Waals surface area (Å²) in [6.07, 6.45) is 3.84. The Morgan fingerprint density at radius 1 is 0.909 bits per heavy atom. The second-order valence-electron chi connectivity index (χ2n) is 5.86. The Kier molecular flexibility index (Phi) is 3.97. The molecule has 0 atom stereocenters. The Hall–Kier alpha value is -2.54. The molecule has 0 bridgehead atoms. The van der Waals surface area contributed by atoms with Crippen LogP contribution in [-0.2, 0) is 0 Å². The molecule has 0 unspecified atom stereocenters. The van der Waals surface area contributed by atoms with Gasteiger partial charge in [-0.2, -0.15) is 0 Å². The largest absolute Gasteiger partial charge is 0.361 e. The SMILES string of the molecule is C=C(CCC(=C)c1ccc2[nH]ccc2c1)c1cccc(C)c1.